The monoisotopic (exact) mass is 459 g/mol. The van der Waals surface area contributed by atoms with Crippen molar-refractivity contribution in [3.05, 3.63) is 47.7 Å². The van der Waals surface area contributed by atoms with Crippen molar-refractivity contribution in [1.29, 1.82) is 0 Å². The highest BCUT2D eigenvalue weighted by Crippen LogP contribution is 2.07. The molecule has 10 nitrogen and oxygen atoms in total. The van der Waals surface area contributed by atoms with Gasteiger partial charge in [0.15, 0.2) is 5.82 Å². The van der Waals surface area contributed by atoms with Crippen molar-refractivity contribution in [3.8, 4) is 0 Å². The molecule has 0 aliphatic heterocycles. The molecule has 0 saturated carbocycles. The van der Waals surface area contributed by atoms with Gasteiger partial charge in [-0.1, -0.05) is 35.5 Å². The average molecular weight is 460 g/mol. The summed E-state index contributed by atoms with van der Waals surface area (Å²) in [6.07, 6.45) is 0. The Morgan fingerprint density at radius 3 is 1.79 bits per heavy atom. The maximum absolute atomic E-state index is 11.5. The molecule has 33 heavy (non-hydrogen) atoms. The standard InChI is InChI=1S/C13H18N2O2.C10H15N3O3/c1-13(2,3)15-12(17)11(16)14-9-10-7-5-4-6-8-10;1-6-5-7(13-16-6)11-8(14)9(15)12-10(2,3)4/h4-8H,9H2,1-3H3,(H,14,16)(H,15,17);5H,1-4H3,(H,12,15)(H,11,13,14). The van der Waals surface area contributed by atoms with Crippen LogP contribution in [0.2, 0.25) is 0 Å². The number of amides is 4. The molecule has 0 aliphatic rings. The van der Waals surface area contributed by atoms with Crippen LogP contribution < -0.4 is 21.3 Å². The molecular weight excluding hydrogens is 426 g/mol. The Hall–Kier alpha value is -3.69. The Kier molecular flexibility index (Phi) is 9.77. The molecule has 1 heterocycles. The van der Waals surface area contributed by atoms with Gasteiger partial charge in [-0.05, 0) is 54.0 Å². The predicted molar refractivity (Wildman–Crippen MR) is 124 cm³/mol. The first-order chi connectivity index (χ1) is 15.2. The third kappa shape index (κ3) is 12.1. The zero-order valence-corrected chi connectivity index (χ0v) is 20.2. The van der Waals surface area contributed by atoms with E-state index in [2.05, 4.69) is 26.4 Å². The highest BCUT2D eigenvalue weighted by Gasteiger charge is 2.21. The number of rotatable bonds is 3. The van der Waals surface area contributed by atoms with Gasteiger partial charge in [0.1, 0.15) is 5.76 Å². The van der Waals surface area contributed by atoms with Crippen LogP contribution in [-0.4, -0.2) is 39.9 Å². The summed E-state index contributed by atoms with van der Waals surface area (Å²) in [6, 6.07) is 11.0. The maximum atomic E-state index is 11.5. The topological polar surface area (TPSA) is 142 Å². The average Bonchev–Trinajstić information content (AvgIpc) is 3.09. The molecule has 1 aromatic carbocycles. The lowest BCUT2D eigenvalue weighted by Gasteiger charge is -2.19. The van der Waals surface area contributed by atoms with Crippen LogP contribution in [0.15, 0.2) is 40.9 Å². The van der Waals surface area contributed by atoms with Crippen molar-refractivity contribution in [3.63, 3.8) is 0 Å². The molecule has 10 heteroatoms. The lowest BCUT2D eigenvalue weighted by Crippen LogP contribution is -2.48. The van der Waals surface area contributed by atoms with Crippen LogP contribution in [0.25, 0.3) is 0 Å². The van der Waals surface area contributed by atoms with Crippen LogP contribution in [0.1, 0.15) is 52.9 Å². The maximum Gasteiger partial charge on any atom is 0.314 e. The molecule has 0 atom stereocenters. The Bertz CT molecular complexity index is 956. The van der Waals surface area contributed by atoms with Crippen LogP contribution >= 0.6 is 0 Å². The number of hydrogen-bond acceptors (Lipinski definition) is 6. The molecule has 180 valence electrons. The van der Waals surface area contributed by atoms with Crippen LogP contribution in [0.3, 0.4) is 0 Å². The predicted octanol–water partition coefficient (Wildman–Crippen LogP) is 2.05. The molecule has 4 N–H and O–H groups in total. The van der Waals surface area contributed by atoms with E-state index in [4.69, 9.17) is 4.52 Å². The molecule has 0 spiro atoms. The van der Waals surface area contributed by atoms with Crippen molar-refractivity contribution in [2.24, 2.45) is 0 Å². The van der Waals surface area contributed by atoms with Crippen molar-refractivity contribution < 1.29 is 23.7 Å². The van der Waals surface area contributed by atoms with Gasteiger partial charge in [-0.2, -0.15) is 0 Å². The number of hydrogen-bond donors (Lipinski definition) is 4. The quantitative estimate of drug-likeness (QED) is 0.518. The summed E-state index contributed by atoms with van der Waals surface area (Å²) in [5.41, 5.74) is 0.111. The van der Waals surface area contributed by atoms with Crippen molar-refractivity contribution in [2.45, 2.75) is 66.1 Å². The van der Waals surface area contributed by atoms with E-state index in [1.165, 1.54) is 6.07 Å². The van der Waals surface area contributed by atoms with Crippen molar-refractivity contribution in [2.75, 3.05) is 5.32 Å². The Balaban J connectivity index is 0.000000331. The van der Waals surface area contributed by atoms with E-state index in [9.17, 15) is 19.2 Å². The SMILES string of the molecule is CC(C)(C)NC(=O)C(=O)NCc1ccccc1.Cc1cc(NC(=O)C(=O)NC(C)(C)C)no1. The molecule has 0 bridgehead atoms. The number of aryl methyl sites for hydroxylation is 1. The molecule has 0 unspecified atom stereocenters. The zero-order chi connectivity index (χ0) is 25.2. The lowest BCUT2D eigenvalue weighted by molar-refractivity contribution is -0.140. The Labute approximate surface area is 193 Å². The first-order valence-electron chi connectivity index (χ1n) is 10.4. The van der Waals surface area contributed by atoms with E-state index in [0.29, 0.717) is 12.3 Å². The summed E-state index contributed by atoms with van der Waals surface area (Å²) in [4.78, 5) is 45.7. The van der Waals surface area contributed by atoms with E-state index in [1.807, 2.05) is 51.1 Å². The Morgan fingerprint density at radius 2 is 1.33 bits per heavy atom. The van der Waals surface area contributed by atoms with E-state index in [0.717, 1.165) is 5.56 Å². The number of benzene rings is 1. The third-order valence-corrected chi connectivity index (χ3v) is 3.55. The van der Waals surface area contributed by atoms with Gasteiger partial charge >= 0.3 is 23.6 Å². The van der Waals surface area contributed by atoms with E-state index in [1.54, 1.807) is 27.7 Å². The van der Waals surface area contributed by atoms with Crippen molar-refractivity contribution >= 4 is 29.4 Å². The number of carbonyl (C=O) groups excluding carboxylic acids is 4. The van der Waals surface area contributed by atoms with Gasteiger partial charge in [-0.25, -0.2) is 0 Å². The van der Waals surface area contributed by atoms with Gasteiger partial charge in [0.2, 0.25) is 0 Å². The number of anilines is 1. The van der Waals surface area contributed by atoms with Gasteiger partial charge < -0.3 is 20.5 Å². The molecule has 2 aromatic rings. The van der Waals surface area contributed by atoms with E-state index in [-0.39, 0.29) is 5.82 Å². The number of aromatic nitrogens is 1. The van der Waals surface area contributed by atoms with Crippen molar-refractivity contribution in [1.82, 2.24) is 21.1 Å². The van der Waals surface area contributed by atoms with Crippen LogP contribution in [0.5, 0.6) is 0 Å². The number of nitrogens with one attached hydrogen (secondary N) is 4. The second-order valence-electron chi connectivity index (χ2n) is 9.35. The third-order valence-electron chi connectivity index (χ3n) is 3.55. The molecule has 1 aromatic heterocycles. The van der Waals surface area contributed by atoms with Gasteiger partial charge in [-0.3, -0.25) is 24.5 Å². The summed E-state index contributed by atoms with van der Waals surface area (Å²) in [5.74, 6) is -1.88. The molecule has 0 radical (unpaired) electrons. The normalized spacial score (nSPS) is 10.9. The van der Waals surface area contributed by atoms with Gasteiger partial charge in [0.25, 0.3) is 0 Å². The summed E-state index contributed by atoms with van der Waals surface area (Å²) < 4.78 is 4.75. The van der Waals surface area contributed by atoms with Crippen LogP contribution in [-0.2, 0) is 25.7 Å². The fourth-order valence-electron chi connectivity index (χ4n) is 2.25. The smallest absolute Gasteiger partial charge is 0.314 e. The van der Waals surface area contributed by atoms with Crippen LogP contribution in [0, 0.1) is 6.92 Å². The minimum atomic E-state index is -0.761. The summed E-state index contributed by atoms with van der Waals surface area (Å²) >= 11 is 0. The highest BCUT2D eigenvalue weighted by atomic mass is 16.5. The molecular formula is C23H33N5O5. The van der Waals surface area contributed by atoms with Gasteiger partial charge in [0, 0.05) is 23.7 Å². The molecule has 0 aliphatic carbocycles. The summed E-state index contributed by atoms with van der Waals surface area (Å²) in [5, 5.41) is 13.6. The molecule has 0 saturated heterocycles. The first-order valence-corrected chi connectivity index (χ1v) is 10.4. The minimum Gasteiger partial charge on any atom is -0.360 e. The highest BCUT2D eigenvalue weighted by molar-refractivity contribution is 6.39. The summed E-state index contributed by atoms with van der Waals surface area (Å²) in [7, 11) is 0. The van der Waals surface area contributed by atoms with Gasteiger partial charge in [-0.15, -0.1) is 0 Å². The Morgan fingerprint density at radius 1 is 0.818 bits per heavy atom. The fraction of sp³-hybridized carbons (Fsp3) is 0.435. The molecule has 0 fully saturated rings. The second kappa shape index (κ2) is 11.8. The summed E-state index contributed by atoms with van der Waals surface area (Å²) in [6.45, 7) is 12.9. The largest absolute Gasteiger partial charge is 0.360 e. The first kappa shape index (κ1) is 27.3. The number of carbonyl (C=O) groups is 4. The molecule has 2 rings (SSSR count). The fourth-order valence-corrected chi connectivity index (χ4v) is 2.25. The minimum absolute atomic E-state index is 0.228. The van der Waals surface area contributed by atoms with E-state index >= 15 is 0 Å². The van der Waals surface area contributed by atoms with E-state index < -0.39 is 34.7 Å². The van der Waals surface area contributed by atoms with Crippen LogP contribution in [0.4, 0.5) is 5.82 Å². The lowest BCUT2D eigenvalue weighted by atomic mass is 10.1. The molecule has 4 amide bonds. The number of nitrogens with zero attached hydrogens (tertiary/aromatic N) is 1. The van der Waals surface area contributed by atoms with Gasteiger partial charge in [0.05, 0.1) is 0 Å². The second-order valence-corrected chi connectivity index (χ2v) is 9.35. The zero-order valence-electron chi connectivity index (χ0n) is 20.2.